The summed E-state index contributed by atoms with van der Waals surface area (Å²) in [7, 11) is 0. The molecule has 0 spiro atoms. The molecular weight excluding hydrogens is 232 g/mol. The molecule has 1 saturated heterocycles. The smallest absolute Gasteiger partial charge is 0.138 e. The number of nitrogens with zero attached hydrogens (tertiary/aromatic N) is 3. The Bertz CT molecular complexity index is 434. The zero-order valence-corrected chi connectivity index (χ0v) is 11.0. The lowest BCUT2D eigenvalue weighted by atomic mass is 9.96. The van der Waals surface area contributed by atoms with Crippen LogP contribution in [0.5, 0.6) is 0 Å². The standard InChI is InChI=1S/C12H20N4O2/c1-12(2,3)11-14-9(13)4-10(15-11)16-5-7(17)8(18)6-16/h4,7-8,17-18H,5-6H2,1-3H3,(H2,13,14,15). The van der Waals surface area contributed by atoms with Gasteiger partial charge in [0, 0.05) is 24.6 Å². The molecule has 18 heavy (non-hydrogen) atoms. The minimum Gasteiger partial charge on any atom is -0.389 e. The second-order valence-corrected chi connectivity index (χ2v) is 5.76. The minimum absolute atomic E-state index is 0.193. The highest BCUT2D eigenvalue weighted by atomic mass is 16.3. The van der Waals surface area contributed by atoms with Crippen LogP contribution in [0.25, 0.3) is 0 Å². The molecule has 6 nitrogen and oxygen atoms in total. The van der Waals surface area contributed by atoms with Gasteiger partial charge in [-0.2, -0.15) is 0 Å². The van der Waals surface area contributed by atoms with Gasteiger partial charge in [-0.25, -0.2) is 9.97 Å². The Hall–Kier alpha value is -1.40. The van der Waals surface area contributed by atoms with Crippen LogP contribution in [0.1, 0.15) is 26.6 Å². The average Bonchev–Trinajstić information content (AvgIpc) is 2.57. The van der Waals surface area contributed by atoms with E-state index in [1.54, 1.807) is 6.07 Å². The van der Waals surface area contributed by atoms with Crippen LogP contribution in [0.15, 0.2) is 6.07 Å². The molecule has 1 fully saturated rings. The Morgan fingerprint density at radius 3 is 2.28 bits per heavy atom. The first-order valence-corrected chi connectivity index (χ1v) is 6.03. The van der Waals surface area contributed by atoms with Gasteiger partial charge in [0.2, 0.25) is 0 Å². The van der Waals surface area contributed by atoms with E-state index in [-0.39, 0.29) is 5.41 Å². The lowest BCUT2D eigenvalue weighted by Crippen LogP contribution is -2.25. The van der Waals surface area contributed by atoms with Gasteiger partial charge in [0.1, 0.15) is 17.5 Å². The van der Waals surface area contributed by atoms with Gasteiger partial charge in [0.05, 0.1) is 12.2 Å². The van der Waals surface area contributed by atoms with E-state index < -0.39 is 12.2 Å². The second-order valence-electron chi connectivity index (χ2n) is 5.76. The largest absolute Gasteiger partial charge is 0.389 e. The number of aromatic nitrogens is 2. The quantitative estimate of drug-likeness (QED) is 0.646. The molecule has 0 aromatic carbocycles. The van der Waals surface area contributed by atoms with Crippen molar-refractivity contribution in [3.05, 3.63) is 11.9 Å². The molecular formula is C12H20N4O2. The van der Waals surface area contributed by atoms with Crippen LogP contribution in [-0.2, 0) is 5.41 Å². The fraction of sp³-hybridized carbons (Fsp3) is 0.667. The number of aliphatic hydroxyl groups is 2. The van der Waals surface area contributed by atoms with Gasteiger partial charge in [-0.1, -0.05) is 20.8 Å². The SMILES string of the molecule is CC(C)(C)c1nc(N)cc(N2CC(O)C(O)C2)n1. The summed E-state index contributed by atoms with van der Waals surface area (Å²) in [6.07, 6.45) is -1.47. The molecule has 100 valence electrons. The molecule has 0 bridgehead atoms. The topological polar surface area (TPSA) is 95.5 Å². The molecule has 1 aromatic heterocycles. The summed E-state index contributed by atoms with van der Waals surface area (Å²) >= 11 is 0. The van der Waals surface area contributed by atoms with Crippen molar-refractivity contribution in [3.63, 3.8) is 0 Å². The van der Waals surface area contributed by atoms with E-state index in [1.807, 2.05) is 25.7 Å². The van der Waals surface area contributed by atoms with Gasteiger partial charge in [-0.15, -0.1) is 0 Å². The second kappa shape index (κ2) is 4.37. The number of nitrogens with two attached hydrogens (primary N) is 1. The summed E-state index contributed by atoms with van der Waals surface area (Å²) in [6.45, 7) is 6.76. The van der Waals surface area contributed by atoms with Crippen molar-refractivity contribution in [1.29, 1.82) is 0 Å². The molecule has 1 aliphatic heterocycles. The first-order chi connectivity index (χ1) is 8.27. The van der Waals surface area contributed by atoms with E-state index in [9.17, 15) is 10.2 Å². The van der Waals surface area contributed by atoms with E-state index in [4.69, 9.17) is 5.73 Å². The molecule has 2 atom stereocenters. The highest BCUT2D eigenvalue weighted by Gasteiger charge is 2.31. The third-order valence-corrected chi connectivity index (χ3v) is 2.99. The normalized spacial score (nSPS) is 24.6. The minimum atomic E-state index is -0.737. The van der Waals surface area contributed by atoms with Gasteiger partial charge in [0.15, 0.2) is 0 Å². The van der Waals surface area contributed by atoms with Crippen molar-refractivity contribution < 1.29 is 10.2 Å². The third-order valence-electron chi connectivity index (χ3n) is 2.99. The molecule has 1 aromatic rings. The highest BCUT2D eigenvalue weighted by molar-refractivity contribution is 5.48. The van der Waals surface area contributed by atoms with Gasteiger partial charge < -0.3 is 20.8 Å². The Kier molecular flexibility index (Phi) is 3.16. The van der Waals surface area contributed by atoms with Gasteiger partial charge in [0.25, 0.3) is 0 Å². The molecule has 4 N–H and O–H groups in total. The van der Waals surface area contributed by atoms with E-state index >= 15 is 0 Å². The number of nitrogen functional groups attached to an aromatic ring is 1. The zero-order valence-electron chi connectivity index (χ0n) is 11.0. The fourth-order valence-electron chi connectivity index (χ4n) is 1.91. The third kappa shape index (κ3) is 2.54. The number of aliphatic hydroxyl groups excluding tert-OH is 2. The predicted octanol–water partition coefficient (Wildman–Crippen LogP) is -0.102. The van der Waals surface area contributed by atoms with Crippen LogP contribution >= 0.6 is 0 Å². The van der Waals surface area contributed by atoms with Crippen molar-refractivity contribution in [2.24, 2.45) is 0 Å². The molecule has 2 rings (SSSR count). The van der Waals surface area contributed by atoms with Crippen LogP contribution in [0, 0.1) is 0 Å². The average molecular weight is 252 g/mol. The molecule has 2 unspecified atom stereocenters. The van der Waals surface area contributed by atoms with E-state index in [0.29, 0.717) is 30.5 Å². The summed E-state index contributed by atoms with van der Waals surface area (Å²) in [5, 5.41) is 19.1. The number of β-amino-alcohol motifs (C(OH)–C–C–N with tert-alkyl or cyclic N) is 2. The number of hydrogen-bond acceptors (Lipinski definition) is 6. The predicted molar refractivity (Wildman–Crippen MR) is 69.4 cm³/mol. The van der Waals surface area contributed by atoms with E-state index in [2.05, 4.69) is 9.97 Å². The van der Waals surface area contributed by atoms with Crippen LogP contribution in [0.3, 0.4) is 0 Å². The number of rotatable bonds is 1. The maximum absolute atomic E-state index is 9.56. The summed E-state index contributed by atoms with van der Waals surface area (Å²) in [5.74, 6) is 1.72. The molecule has 6 heteroatoms. The van der Waals surface area contributed by atoms with Crippen LogP contribution in [-0.4, -0.2) is 45.5 Å². The summed E-state index contributed by atoms with van der Waals surface area (Å²) in [5.41, 5.74) is 5.60. The Morgan fingerprint density at radius 2 is 1.78 bits per heavy atom. The molecule has 0 amide bonds. The number of hydrogen-bond donors (Lipinski definition) is 3. The van der Waals surface area contributed by atoms with E-state index in [1.165, 1.54) is 0 Å². The van der Waals surface area contributed by atoms with Crippen LogP contribution in [0.4, 0.5) is 11.6 Å². The van der Waals surface area contributed by atoms with Crippen LogP contribution < -0.4 is 10.6 Å². The lowest BCUT2D eigenvalue weighted by Gasteiger charge is -2.22. The molecule has 0 aliphatic carbocycles. The van der Waals surface area contributed by atoms with Crippen molar-refractivity contribution in [2.45, 2.75) is 38.4 Å². The fourth-order valence-corrected chi connectivity index (χ4v) is 1.91. The zero-order chi connectivity index (χ0) is 13.5. The first kappa shape index (κ1) is 13.0. The monoisotopic (exact) mass is 252 g/mol. The Balaban J connectivity index is 2.32. The highest BCUT2D eigenvalue weighted by Crippen LogP contribution is 2.25. The van der Waals surface area contributed by atoms with Crippen molar-refractivity contribution in [1.82, 2.24) is 9.97 Å². The molecule has 0 saturated carbocycles. The molecule has 0 radical (unpaired) electrons. The van der Waals surface area contributed by atoms with E-state index in [0.717, 1.165) is 0 Å². The first-order valence-electron chi connectivity index (χ1n) is 6.03. The number of anilines is 2. The molecule has 1 aliphatic rings. The van der Waals surface area contributed by atoms with Gasteiger partial charge in [-0.3, -0.25) is 0 Å². The van der Waals surface area contributed by atoms with Gasteiger partial charge in [-0.05, 0) is 0 Å². The Labute approximate surface area is 106 Å². The summed E-state index contributed by atoms with van der Waals surface area (Å²) in [6, 6.07) is 1.67. The lowest BCUT2D eigenvalue weighted by molar-refractivity contribution is 0.0572. The Morgan fingerprint density at radius 1 is 1.22 bits per heavy atom. The van der Waals surface area contributed by atoms with Crippen LogP contribution in [0.2, 0.25) is 0 Å². The van der Waals surface area contributed by atoms with Gasteiger partial charge >= 0.3 is 0 Å². The summed E-state index contributed by atoms with van der Waals surface area (Å²) < 4.78 is 0. The van der Waals surface area contributed by atoms with Crippen molar-refractivity contribution in [2.75, 3.05) is 23.7 Å². The maximum Gasteiger partial charge on any atom is 0.138 e. The van der Waals surface area contributed by atoms with Crippen molar-refractivity contribution >= 4 is 11.6 Å². The summed E-state index contributed by atoms with van der Waals surface area (Å²) in [4.78, 5) is 10.5. The van der Waals surface area contributed by atoms with Crippen molar-refractivity contribution in [3.8, 4) is 0 Å². The molecule has 2 heterocycles. The maximum atomic E-state index is 9.56.